The first-order valence-electron chi connectivity index (χ1n) is 11.3. The van der Waals surface area contributed by atoms with Crippen LogP contribution in [-0.2, 0) is 11.2 Å². The van der Waals surface area contributed by atoms with Gasteiger partial charge in [0.25, 0.3) is 0 Å². The van der Waals surface area contributed by atoms with Gasteiger partial charge in [-0.15, -0.1) is 0 Å². The van der Waals surface area contributed by atoms with Crippen LogP contribution in [0.4, 0.5) is 0 Å². The van der Waals surface area contributed by atoms with E-state index in [1.807, 2.05) is 43.3 Å². The zero-order valence-corrected chi connectivity index (χ0v) is 19.6. The molecule has 1 unspecified atom stereocenters. The molecule has 4 rings (SSSR count). The lowest BCUT2D eigenvalue weighted by Gasteiger charge is -2.28. The second-order valence-electron chi connectivity index (χ2n) is 8.01. The van der Waals surface area contributed by atoms with Gasteiger partial charge >= 0.3 is 5.97 Å². The van der Waals surface area contributed by atoms with E-state index < -0.39 is 11.9 Å². The van der Waals surface area contributed by atoms with E-state index in [1.165, 1.54) is 0 Å². The van der Waals surface area contributed by atoms with E-state index in [-0.39, 0.29) is 12.3 Å². The number of allylic oxidation sites excluding steroid dienone is 1. The maximum absolute atomic E-state index is 12.5. The van der Waals surface area contributed by atoms with Gasteiger partial charge in [0.05, 0.1) is 26.1 Å². The Kier molecular flexibility index (Phi) is 7.22. The second-order valence-corrected chi connectivity index (χ2v) is 8.01. The van der Waals surface area contributed by atoms with Crippen LogP contribution < -0.4 is 24.7 Å². The molecule has 7 heteroatoms. The van der Waals surface area contributed by atoms with E-state index in [1.54, 1.807) is 37.4 Å². The number of hydrogen-bond donors (Lipinski definition) is 1. The Balaban J connectivity index is 1.61. The molecule has 178 valence electrons. The molecule has 7 nitrogen and oxygen atoms in total. The molecule has 0 fully saturated rings. The van der Waals surface area contributed by atoms with E-state index in [0.717, 1.165) is 23.1 Å². The first kappa shape index (κ1) is 23.7. The first-order chi connectivity index (χ1) is 17.0. The molecule has 1 heterocycles. The van der Waals surface area contributed by atoms with Crippen molar-refractivity contribution >= 4 is 5.97 Å². The summed E-state index contributed by atoms with van der Waals surface area (Å²) < 4.78 is 22.4. The topological polar surface area (TPSA) is 104 Å². The molecule has 0 saturated heterocycles. The minimum Gasteiger partial charge on any atom is -0.497 e. The highest BCUT2D eigenvalue weighted by Crippen LogP contribution is 2.45. The number of nitrogens with zero attached hydrogens (tertiary/aromatic N) is 1. The van der Waals surface area contributed by atoms with Crippen LogP contribution in [0, 0.1) is 11.3 Å². The molecule has 0 aromatic heterocycles. The maximum Gasteiger partial charge on any atom is 0.315 e. The number of methoxy groups -OCH3 is 1. The quantitative estimate of drug-likeness (QED) is 0.371. The van der Waals surface area contributed by atoms with Crippen molar-refractivity contribution in [1.29, 1.82) is 5.26 Å². The lowest BCUT2D eigenvalue weighted by Crippen LogP contribution is -2.21. The highest BCUT2D eigenvalue weighted by atomic mass is 16.5. The Hall–Kier alpha value is -4.44. The van der Waals surface area contributed by atoms with Crippen LogP contribution in [0.25, 0.3) is 0 Å². The molecule has 0 radical (unpaired) electrons. The molecular weight excluding hydrogens is 444 g/mol. The van der Waals surface area contributed by atoms with Crippen molar-refractivity contribution in [2.75, 3.05) is 13.7 Å². The predicted molar refractivity (Wildman–Crippen MR) is 130 cm³/mol. The maximum atomic E-state index is 12.5. The number of benzene rings is 3. The van der Waals surface area contributed by atoms with Crippen LogP contribution in [0.5, 0.6) is 23.0 Å². The zero-order chi connectivity index (χ0) is 24.8. The fourth-order valence-electron chi connectivity index (χ4n) is 3.96. The van der Waals surface area contributed by atoms with Crippen LogP contribution in [0.3, 0.4) is 0 Å². The van der Waals surface area contributed by atoms with Crippen molar-refractivity contribution in [3.05, 3.63) is 94.9 Å². The summed E-state index contributed by atoms with van der Waals surface area (Å²) in [6.45, 7) is 2.58. The summed E-state index contributed by atoms with van der Waals surface area (Å²) in [5.74, 6) is 1.27. The monoisotopic (exact) mass is 470 g/mol. The minimum atomic E-state index is -0.471. The third-order valence-corrected chi connectivity index (χ3v) is 5.62. The van der Waals surface area contributed by atoms with Crippen molar-refractivity contribution in [2.24, 2.45) is 5.73 Å². The smallest absolute Gasteiger partial charge is 0.315 e. The average Bonchev–Trinajstić information content (AvgIpc) is 2.87. The van der Waals surface area contributed by atoms with Crippen molar-refractivity contribution in [2.45, 2.75) is 25.7 Å². The van der Waals surface area contributed by atoms with Crippen molar-refractivity contribution < 1.29 is 23.7 Å². The molecular formula is C28H26N2O5. The summed E-state index contributed by atoms with van der Waals surface area (Å²) in [4.78, 5) is 12.5. The van der Waals surface area contributed by atoms with Crippen molar-refractivity contribution in [1.82, 2.24) is 0 Å². The number of carbonyl (C=O) groups is 1. The van der Waals surface area contributed by atoms with Crippen LogP contribution in [0.15, 0.2) is 78.2 Å². The van der Waals surface area contributed by atoms with Gasteiger partial charge in [-0.2, -0.15) is 5.26 Å². The average molecular weight is 471 g/mol. The van der Waals surface area contributed by atoms with Crippen molar-refractivity contribution in [3.63, 3.8) is 0 Å². The fraction of sp³-hybridized carbons (Fsp3) is 0.214. The lowest BCUT2D eigenvalue weighted by molar-refractivity contribution is -0.133. The zero-order valence-electron chi connectivity index (χ0n) is 19.6. The predicted octanol–water partition coefficient (Wildman–Crippen LogP) is 4.85. The van der Waals surface area contributed by atoms with Gasteiger partial charge in [-0.05, 0) is 36.2 Å². The summed E-state index contributed by atoms with van der Waals surface area (Å²) in [6, 6.07) is 22.1. The molecule has 1 aliphatic rings. The van der Waals surface area contributed by atoms with Crippen LogP contribution >= 0.6 is 0 Å². The summed E-state index contributed by atoms with van der Waals surface area (Å²) in [6.07, 6.45) is 0.959. The fourth-order valence-corrected chi connectivity index (χ4v) is 3.96. The lowest BCUT2D eigenvalue weighted by atomic mass is 9.83. The van der Waals surface area contributed by atoms with Gasteiger partial charge in [0.1, 0.15) is 34.6 Å². The van der Waals surface area contributed by atoms with Gasteiger partial charge in [-0.3, -0.25) is 4.79 Å². The highest BCUT2D eigenvalue weighted by molar-refractivity contribution is 5.75. The molecule has 0 aliphatic carbocycles. The molecule has 0 bridgehead atoms. The van der Waals surface area contributed by atoms with Crippen LogP contribution in [-0.4, -0.2) is 19.7 Å². The van der Waals surface area contributed by atoms with Crippen molar-refractivity contribution in [3.8, 4) is 29.1 Å². The van der Waals surface area contributed by atoms with Gasteiger partial charge in [-0.1, -0.05) is 43.3 Å². The number of hydrogen-bond acceptors (Lipinski definition) is 7. The Morgan fingerprint density at radius 3 is 2.51 bits per heavy atom. The Morgan fingerprint density at radius 1 is 1.06 bits per heavy atom. The summed E-state index contributed by atoms with van der Waals surface area (Å²) >= 11 is 0. The number of carbonyl (C=O) groups excluding carboxylic acids is 1. The molecule has 0 amide bonds. The number of esters is 1. The molecule has 35 heavy (non-hydrogen) atoms. The van der Waals surface area contributed by atoms with Gasteiger partial charge < -0.3 is 24.7 Å². The molecule has 1 aliphatic heterocycles. The normalized spacial score (nSPS) is 14.4. The van der Waals surface area contributed by atoms with E-state index in [9.17, 15) is 10.1 Å². The molecule has 2 N–H and O–H groups in total. The van der Waals surface area contributed by atoms with E-state index in [4.69, 9.17) is 24.7 Å². The first-order valence-corrected chi connectivity index (χ1v) is 11.3. The molecule has 0 spiro atoms. The number of fused-ring (bicyclic) bond motifs is 1. The van der Waals surface area contributed by atoms with E-state index >= 15 is 0 Å². The van der Waals surface area contributed by atoms with Crippen LogP contribution in [0.1, 0.15) is 36.0 Å². The molecule has 0 saturated carbocycles. The minimum absolute atomic E-state index is 0.0111. The number of rotatable bonds is 8. The second kappa shape index (κ2) is 10.7. The standard InChI is InChI=1S/C28H26N2O5/c1-3-14-33-24-7-5-4-6-21(24)27-22-13-12-20(16-25(22)35-28(30)23(27)17-29)34-26(31)15-18-8-10-19(32-2)11-9-18/h4-13,16,27H,3,14-15,30H2,1-2H3. The SMILES string of the molecule is CCCOc1ccccc1C1C(C#N)=C(N)Oc2cc(OC(=O)Cc3ccc(OC)cc3)ccc21. The molecule has 3 aromatic rings. The van der Waals surface area contributed by atoms with E-state index in [2.05, 4.69) is 6.07 Å². The van der Waals surface area contributed by atoms with E-state index in [0.29, 0.717) is 35.2 Å². The molecule has 1 atom stereocenters. The Bertz CT molecular complexity index is 1290. The third kappa shape index (κ3) is 5.22. The Labute approximate surface area is 204 Å². The number of ether oxygens (including phenoxy) is 4. The van der Waals surface area contributed by atoms with Crippen LogP contribution in [0.2, 0.25) is 0 Å². The number of para-hydroxylation sites is 1. The van der Waals surface area contributed by atoms with Gasteiger partial charge in [-0.25, -0.2) is 0 Å². The number of nitriles is 1. The number of nitrogens with two attached hydrogens (primary N) is 1. The third-order valence-electron chi connectivity index (χ3n) is 5.62. The van der Waals surface area contributed by atoms with Gasteiger partial charge in [0.15, 0.2) is 0 Å². The van der Waals surface area contributed by atoms with Gasteiger partial charge in [0.2, 0.25) is 5.88 Å². The Morgan fingerprint density at radius 2 is 1.80 bits per heavy atom. The molecule has 3 aromatic carbocycles. The highest BCUT2D eigenvalue weighted by Gasteiger charge is 2.33. The summed E-state index contributed by atoms with van der Waals surface area (Å²) in [7, 11) is 1.59. The largest absolute Gasteiger partial charge is 0.497 e. The summed E-state index contributed by atoms with van der Waals surface area (Å²) in [5.41, 5.74) is 8.79. The van der Waals surface area contributed by atoms with Gasteiger partial charge in [0, 0.05) is 17.2 Å². The summed E-state index contributed by atoms with van der Waals surface area (Å²) in [5, 5.41) is 9.85.